The molecule has 0 bridgehead atoms. The summed E-state index contributed by atoms with van der Waals surface area (Å²) in [6, 6.07) is 14.1. The van der Waals surface area contributed by atoms with Crippen molar-refractivity contribution in [3.63, 3.8) is 0 Å². The van der Waals surface area contributed by atoms with Crippen molar-refractivity contribution in [2.24, 2.45) is 0 Å². The van der Waals surface area contributed by atoms with E-state index in [4.69, 9.17) is 4.42 Å². The van der Waals surface area contributed by atoms with E-state index in [0.717, 1.165) is 24.0 Å². The van der Waals surface area contributed by atoms with Crippen molar-refractivity contribution >= 4 is 11.0 Å². The maximum Gasteiger partial charge on any atom is 0.147 e. The molecule has 1 aromatic heterocycles. The Bertz CT molecular complexity index is 821. The molecule has 1 unspecified atom stereocenters. The normalized spacial score (nSPS) is 21.4. The number of benzene rings is 2. The lowest BCUT2D eigenvalue weighted by atomic mass is 9.77. The number of aliphatic hydroxyl groups is 1. The van der Waals surface area contributed by atoms with Crippen LogP contribution < -0.4 is 0 Å². The zero-order valence-corrected chi connectivity index (χ0v) is 11.5. The Morgan fingerprint density at radius 3 is 2.86 bits per heavy atom. The molecule has 1 aliphatic carbocycles. The topological polar surface area (TPSA) is 33.4 Å². The lowest BCUT2D eigenvalue weighted by Crippen LogP contribution is -2.31. The number of halogens is 1. The molecule has 4 rings (SSSR count). The summed E-state index contributed by atoms with van der Waals surface area (Å²) in [6.45, 7) is 0. The number of hydrogen-bond donors (Lipinski definition) is 1. The van der Waals surface area contributed by atoms with Crippen LogP contribution in [0, 0.1) is 5.82 Å². The predicted octanol–water partition coefficient (Wildman–Crippen LogP) is 4.14. The van der Waals surface area contributed by atoms with Gasteiger partial charge in [0.2, 0.25) is 0 Å². The summed E-state index contributed by atoms with van der Waals surface area (Å²) in [4.78, 5) is 0. The van der Waals surface area contributed by atoms with E-state index < -0.39 is 5.60 Å². The van der Waals surface area contributed by atoms with Crippen LogP contribution in [-0.2, 0) is 12.0 Å². The molecule has 0 radical (unpaired) electrons. The minimum atomic E-state index is -1.12. The summed E-state index contributed by atoms with van der Waals surface area (Å²) >= 11 is 0. The summed E-state index contributed by atoms with van der Waals surface area (Å²) in [5.41, 5.74) is 1.53. The van der Waals surface area contributed by atoms with Gasteiger partial charge in [-0.1, -0.05) is 24.3 Å². The lowest BCUT2D eigenvalue weighted by Gasteiger charge is -2.32. The van der Waals surface area contributed by atoms with Gasteiger partial charge < -0.3 is 9.52 Å². The van der Waals surface area contributed by atoms with Crippen molar-refractivity contribution < 1.29 is 13.9 Å². The Balaban J connectivity index is 1.91. The second-order valence-corrected chi connectivity index (χ2v) is 5.66. The van der Waals surface area contributed by atoms with Crippen molar-refractivity contribution in [3.8, 4) is 0 Å². The van der Waals surface area contributed by atoms with E-state index in [2.05, 4.69) is 0 Å². The second-order valence-electron chi connectivity index (χ2n) is 5.66. The maximum atomic E-state index is 13.3. The number of fused-ring (bicyclic) bond motifs is 2. The Morgan fingerprint density at radius 1 is 1.10 bits per heavy atom. The van der Waals surface area contributed by atoms with Crippen LogP contribution in [0.1, 0.15) is 29.7 Å². The molecule has 1 aliphatic rings. The van der Waals surface area contributed by atoms with Crippen molar-refractivity contribution in [3.05, 3.63) is 71.2 Å². The first kappa shape index (κ1) is 12.6. The highest BCUT2D eigenvalue weighted by Gasteiger charge is 2.38. The van der Waals surface area contributed by atoms with Crippen LogP contribution in [0.5, 0.6) is 0 Å². The molecule has 106 valence electrons. The third-order valence-electron chi connectivity index (χ3n) is 4.33. The minimum absolute atomic E-state index is 0.300. The van der Waals surface area contributed by atoms with Crippen LogP contribution in [0.2, 0.25) is 0 Å². The Morgan fingerprint density at radius 2 is 1.95 bits per heavy atom. The van der Waals surface area contributed by atoms with Crippen LogP contribution in [-0.4, -0.2) is 5.11 Å². The SMILES string of the molecule is OC1(c2cc3cc(F)ccc3o2)CCCc2ccccc21. The van der Waals surface area contributed by atoms with E-state index in [1.54, 1.807) is 12.1 Å². The molecule has 0 fully saturated rings. The van der Waals surface area contributed by atoms with Gasteiger partial charge in [-0.3, -0.25) is 0 Å². The fourth-order valence-corrected chi connectivity index (χ4v) is 3.29. The molecule has 0 spiro atoms. The van der Waals surface area contributed by atoms with Gasteiger partial charge in [0.25, 0.3) is 0 Å². The van der Waals surface area contributed by atoms with E-state index in [1.807, 2.05) is 24.3 Å². The van der Waals surface area contributed by atoms with Crippen molar-refractivity contribution in [2.75, 3.05) is 0 Å². The summed E-state index contributed by atoms with van der Waals surface area (Å²) in [5.74, 6) is 0.195. The van der Waals surface area contributed by atoms with Gasteiger partial charge in [0.1, 0.15) is 22.8 Å². The fraction of sp³-hybridized carbons (Fsp3) is 0.222. The molecular weight excluding hydrogens is 267 g/mol. The van der Waals surface area contributed by atoms with Crippen LogP contribution >= 0.6 is 0 Å². The van der Waals surface area contributed by atoms with E-state index in [1.165, 1.54) is 12.1 Å². The van der Waals surface area contributed by atoms with Gasteiger partial charge in [0, 0.05) is 5.39 Å². The zero-order chi connectivity index (χ0) is 14.4. The van der Waals surface area contributed by atoms with Gasteiger partial charge in [-0.25, -0.2) is 4.39 Å². The first-order chi connectivity index (χ1) is 10.2. The smallest absolute Gasteiger partial charge is 0.147 e. The van der Waals surface area contributed by atoms with Gasteiger partial charge in [0.15, 0.2) is 0 Å². The molecule has 21 heavy (non-hydrogen) atoms. The lowest BCUT2D eigenvalue weighted by molar-refractivity contribution is 0.0406. The predicted molar refractivity (Wildman–Crippen MR) is 78.6 cm³/mol. The first-order valence-electron chi connectivity index (χ1n) is 7.17. The molecule has 0 amide bonds. The van der Waals surface area contributed by atoms with Gasteiger partial charge in [0.05, 0.1) is 0 Å². The Labute approximate surface area is 121 Å². The second kappa shape index (κ2) is 4.43. The molecule has 2 nitrogen and oxygen atoms in total. The van der Waals surface area contributed by atoms with Crippen LogP contribution in [0.4, 0.5) is 4.39 Å². The monoisotopic (exact) mass is 282 g/mol. The van der Waals surface area contributed by atoms with Gasteiger partial charge in [-0.05, 0) is 54.7 Å². The molecule has 3 heteroatoms. The summed E-state index contributed by atoms with van der Waals surface area (Å²) < 4.78 is 19.1. The van der Waals surface area contributed by atoms with E-state index in [-0.39, 0.29) is 5.82 Å². The number of hydrogen-bond acceptors (Lipinski definition) is 2. The van der Waals surface area contributed by atoms with E-state index >= 15 is 0 Å². The number of rotatable bonds is 1. The van der Waals surface area contributed by atoms with E-state index in [0.29, 0.717) is 23.2 Å². The summed E-state index contributed by atoms with van der Waals surface area (Å²) in [6.07, 6.45) is 2.48. The average Bonchev–Trinajstić information content (AvgIpc) is 2.91. The molecule has 1 atom stereocenters. The third-order valence-corrected chi connectivity index (χ3v) is 4.33. The maximum absolute atomic E-state index is 13.3. The number of furan rings is 1. The number of aryl methyl sites for hydroxylation is 1. The molecular formula is C18H15FO2. The molecule has 0 saturated heterocycles. The summed E-state index contributed by atoms with van der Waals surface area (Å²) in [5, 5.41) is 11.9. The largest absolute Gasteiger partial charge is 0.458 e. The highest BCUT2D eigenvalue weighted by atomic mass is 19.1. The van der Waals surface area contributed by atoms with Crippen LogP contribution in [0.3, 0.4) is 0 Å². The molecule has 2 aromatic carbocycles. The minimum Gasteiger partial charge on any atom is -0.458 e. The highest BCUT2D eigenvalue weighted by molar-refractivity contribution is 5.78. The van der Waals surface area contributed by atoms with Gasteiger partial charge in [-0.15, -0.1) is 0 Å². The van der Waals surface area contributed by atoms with Crippen molar-refractivity contribution in [1.29, 1.82) is 0 Å². The third kappa shape index (κ3) is 1.88. The van der Waals surface area contributed by atoms with E-state index in [9.17, 15) is 9.50 Å². The van der Waals surface area contributed by atoms with Gasteiger partial charge in [-0.2, -0.15) is 0 Å². The molecule has 0 saturated carbocycles. The highest BCUT2D eigenvalue weighted by Crippen LogP contribution is 2.42. The quantitative estimate of drug-likeness (QED) is 0.727. The van der Waals surface area contributed by atoms with Crippen LogP contribution in [0.25, 0.3) is 11.0 Å². The molecule has 3 aromatic rings. The Hall–Kier alpha value is -2.13. The summed E-state index contributed by atoms with van der Waals surface area (Å²) in [7, 11) is 0. The standard InChI is InChI=1S/C18H15FO2/c19-14-7-8-16-13(10-14)11-17(21-16)18(20)9-3-5-12-4-1-2-6-15(12)18/h1-2,4,6-8,10-11,20H,3,5,9H2. The van der Waals surface area contributed by atoms with Crippen molar-refractivity contribution in [1.82, 2.24) is 0 Å². The zero-order valence-electron chi connectivity index (χ0n) is 11.5. The Kier molecular flexibility index (Phi) is 2.66. The average molecular weight is 282 g/mol. The van der Waals surface area contributed by atoms with Gasteiger partial charge >= 0.3 is 0 Å². The fourth-order valence-electron chi connectivity index (χ4n) is 3.29. The molecule has 1 heterocycles. The molecule has 0 aliphatic heterocycles. The first-order valence-corrected chi connectivity index (χ1v) is 7.17. The molecule has 1 N–H and O–H groups in total. The van der Waals surface area contributed by atoms with Crippen molar-refractivity contribution in [2.45, 2.75) is 24.9 Å². The van der Waals surface area contributed by atoms with Crippen LogP contribution in [0.15, 0.2) is 52.9 Å².